The van der Waals surface area contributed by atoms with E-state index in [1.807, 2.05) is 23.6 Å². The van der Waals surface area contributed by atoms with Crippen LogP contribution in [-0.2, 0) is 13.1 Å². The van der Waals surface area contributed by atoms with E-state index < -0.39 is 5.63 Å². The molecule has 0 radical (unpaired) electrons. The van der Waals surface area contributed by atoms with Crippen LogP contribution in [0.15, 0.2) is 39.5 Å². The first-order chi connectivity index (χ1) is 11.1. The number of amides is 1. The summed E-state index contributed by atoms with van der Waals surface area (Å²) in [6.45, 7) is 3.35. The summed E-state index contributed by atoms with van der Waals surface area (Å²) in [5.74, 6) is 1.22. The molecule has 116 valence electrons. The zero-order valence-corrected chi connectivity index (χ0v) is 12.5. The van der Waals surface area contributed by atoms with Crippen molar-refractivity contribution in [3.8, 4) is 0 Å². The lowest BCUT2D eigenvalue weighted by atomic mass is 10.1. The van der Waals surface area contributed by atoms with Crippen molar-refractivity contribution in [1.29, 1.82) is 0 Å². The van der Waals surface area contributed by atoms with Crippen molar-refractivity contribution in [1.82, 2.24) is 19.7 Å². The number of aryl methyl sites for hydroxylation is 1. The van der Waals surface area contributed by atoms with Crippen molar-refractivity contribution in [3.63, 3.8) is 0 Å². The van der Waals surface area contributed by atoms with Crippen LogP contribution in [0.2, 0.25) is 0 Å². The molecule has 2 aromatic heterocycles. The molecule has 3 heterocycles. The van der Waals surface area contributed by atoms with Crippen molar-refractivity contribution in [3.05, 3.63) is 58.0 Å². The van der Waals surface area contributed by atoms with Gasteiger partial charge in [0.2, 0.25) is 0 Å². The summed E-state index contributed by atoms with van der Waals surface area (Å²) in [6.07, 6.45) is 0. The fourth-order valence-corrected chi connectivity index (χ4v) is 2.86. The predicted octanol–water partition coefficient (Wildman–Crippen LogP) is 1.35. The lowest BCUT2D eigenvalue weighted by molar-refractivity contribution is 0.0702. The largest absolute Gasteiger partial charge is 0.422 e. The number of para-hydroxylation sites is 1. The predicted molar refractivity (Wildman–Crippen MR) is 82.0 cm³/mol. The Kier molecular flexibility index (Phi) is 3.00. The smallest absolute Gasteiger partial charge is 0.349 e. The normalized spacial score (nSPS) is 14.0. The van der Waals surface area contributed by atoms with Gasteiger partial charge in [-0.1, -0.05) is 18.2 Å². The Labute approximate surface area is 131 Å². The number of rotatable bonds is 1. The Bertz CT molecular complexity index is 973. The molecule has 7 nitrogen and oxygen atoms in total. The topological polar surface area (TPSA) is 81.2 Å². The van der Waals surface area contributed by atoms with E-state index in [9.17, 15) is 9.59 Å². The molecule has 0 spiro atoms. The first-order valence-corrected chi connectivity index (χ1v) is 7.34. The standard InChI is InChI=1S/C16H14N4O3/c1-10-17-18-14-9-19(6-7-20(10)14)15(21)12-8-11-4-2-3-5-13(11)23-16(12)22/h2-5,8H,6-7,9H2,1H3. The molecule has 0 unspecified atom stereocenters. The average Bonchev–Trinajstić information content (AvgIpc) is 2.94. The minimum absolute atomic E-state index is 0.0494. The number of benzene rings is 1. The number of hydrogen-bond acceptors (Lipinski definition) is 5. The van der Waals surface area contributed by atoms with Crippen molar-refractivity contribution in [2.24, 2.45) is 0 Å². The zero-order chi connectivity index (χ0) is 16.0. The van der Waals surface area contributed by atoms with Crippen LogP contribution in [0.4, 0.5) is 0 Å². The van der Waals surface area contributed by atoms with Gasteiger partial charge in [-0.05, 0) is 19.1 Å². The van der Waals surface area contributed by atoms with Gasteiger partial charge in [-0.25, -0.2) is 4.79 Å². The molecule has 3 aromatic rings. The third-order valence-electron chi connectivity index (χ3n) is 4.10. The Morgan fingerprint density at radius 3 is 2.91 bits per heavy atom. The van der Waals surface area contributed by atoms with Gasteiger partial charge >= 0.3 is 5.63 Å². The van der Waals surface area contributed by atoms with Crippen LogP contribution in [0, 0.1) is 6.92 Å². The van der Waals surface area contributed by atoms with Gasteiger partial charge in [-0.3, -0.25) is 4.79 Å². The Balaban J connectivity index is 1.70. The number of hydrogen-bond donors (Lipinski definition) is 0. The second kappa shape index (κ2) is 5.05. The SMILES string of the molecule is Cc1nnc2n1CCN(C(=O)c1cc3ccccc3oc1=O)C2. The quantitative estimate of drug-likeness (QED) is 0.634. The number of fused-ring (bicyclic) bond motifs is 2. The minimum atomic E-state index is -0.614. The van der Waals surface area contributed by atoms with Gasteiger partial charge in [0.05, 0.1) is 6.54 Å². The first kappa shape index (κ1) is 13.7. The van der Waals surface area contributed by atoms with E-state index in [0.29, 0.717) is 25.2 Å². The molecule has 7 heteroatoms. The first-order valence-electron chi connectivity index (χ1n) is 7.34. The van der Waals surface area contributed by atoms with Crippen molar-refractivity contribution < 1.29 is 9.21 Å². The molecule has 0 saturated carbocycles. The molecule has 0 bridgehead atoms. The maximum absolute atomic E-state index is 12.7. The van der Waals surface area contributed by atoms with E-state index in [1.165, 1.54) is 0 Å². The minimum Gasteiger partial charge on any atom is -0.422 e. The highest BCUT2D eigenvalue weighted by Crippen LogP contribution is 2.17. The molecule has 0 N–H and O–H groups in total. The van der Waals surface area contributed by atoms with Crippen LogP contribution in [-0.4, -0.2) is 32.1 Å². The van der Waals surface area contributed by atoms with Crippen LogP contribution < -0.4 is 5.63 Å². The molecule has 23 heavy (non-hydrogen) atoms. The highest BCUT2D eigenvalue weighted by molar-refractivity contribution is 5.96. The maximum Gasteiger partial charge on any atom is 0.349 e. The van der Waals surface area contributed by atoms with Crippen molar-refractivity contribution in [2.75, 3.05) is 6.54 Å². The van der Waals surface area contributed by atoms with E-state index in [2.05, 4.69) is 10.2 Å². The third kappa shape index (κ3) is 2.21. The number of carbonyl (C=O) groups excluding carboxylic acids is 1. The summed E-state index contributed by atoms with van der Waals surface area (Å²) >= 11 is 0. The van der Waals surface area contributed by atoms with E-state index in [1.54, 1.807) is 23.1 Å². The number of carbonyl (C=O) groups is 1. The van der Waals surface area contributed by atoms with Gasteiger partial charge in [0.25, 0.3) is 5.91 Å². The van der Waals surface area contributed by atoms with E-state index in [-0.39, 0.29) is 11.5 Å². The molecular formula is C16H14N4O3. The van der Waals surface area contributed by atoms with Crippen molar-refractivity contribution >= 4 is 16.9 Å². The van der Waals surface area contributed by atoms with Gasteiger partial charge in [0.1, 0.15) is 17.0 Å². The second-order valence-electron chi connectivity index (χ2n) is 5.53. The summed E-state index contributed by atoms with van der Waals surface area (Å²) in [4.78, 5) is 26.4. The number of nitrogens with zero attached hydrogens (tertiary/aromatic N) is 4. The fraction of sp³-hybridized carbons (Fsp3) is 0.250. The highest BCUT2D eigenvalue weighted by Gasteiger charge is 2.26. The summed E-state index contributed by atoms with van der Waals surface area (Å²) < 4.78 is 7.22. The van der Waals surface area contributed by atoms with Crippen LogP contribution in [0.5, 0.6) is 0 Å². The average molecular weight is 310 g/mol. The maximum atomic E-state index is 12.7. The van der Waals surface area contributed by atoms with Gasteiger partial charge in [0, 0.05) is 18.5 Å². The molecule has 1 aromatic carbocycles. The van der Waals surface area contributed by atoms with Crippen LogP contribution in [0.1, 0.15) is 22.0 Å². The molecular weight excluding hydrogens is 296 g/mol. The third-order valence-corrected chi connectivity index (χ3v) is 4.10. The molecule has 0 fully saturated rings. The molecule has 0 saturated heterocycles. The fourth-order valence-electron chi connectivity index (χ4n) is 2.86. The summed E-state index contributed by atoms with van der Waals surface area (Å²) in [6, 6.07) is 8.73. The van der Waals surface area contributed by atoms with Crippen molar-refractivity contribution in [2.45, 2.75) is 20.0 Å². The number of aromatic nitrogens is 3. The van der Waals surface area contributed by atoms with Crippen LogP contribution >= 0.6 is 0 Å². The van der Waals surface area contributed by atoms with Gasteiger partial charge in [-0.2, -0.15) is 0 Å². The molecule has 4 rings (SSSR count). The lowest BCUT2D eigenvalue weighted by Crippen LogP contribution is -2.40. The van der Waals surface area contributed by atoms with Gasteiger partial charge in [0.15, 0.2) is 5.82 Å². The zero-order valence-electron chi connectivity index (χ0n) is 12.5. The van der Waals surface area contributed by atoms with Crippen LogP contribution in [0.25, 0.3) is 11.0 Å². The molecule has 1 aliphatic rings. The summed E-state index contributed by atoms with van der Waals surface area (Å²) in [5, 5.41) is 8.82. The molecule has 1 amide bonds. The highest BCUT2D eigenvalue weighted by atomic mass is 16.4. The Morgan fingerprint density at radius 2 is 2.04 bits per heavy atom. The summed E-state index contributed by atoms with van der Waals surface area (Å²) in [5.41, 5.74) is -0.0895. The van der Waals surface area contributed by atoms with E-state index in [0.717, 1.165) is 17.0 Å². The Morgan fingerprint density at radius 1 is 1.22 bits per heavy atom. The molecule has 0 aliphatic carbocycles. The Hall–Kier alpha value is -2.96. The van der Waals surface area contributed by atoms with Gasteiger partial charge < -0.3 is 13.9 Å². The molecule has 0 atom stereocenters. The van der Waals surface area contributed by atoms with Gasteiger partial charge in [-0.15, -0.1) is 10.2 Å². The second-order valence-corrected chi connectivity index (χ2v) is 5.53. The summed E-state index contributed by atoms with van der Waals surface area (Å²) in [7, 11) is 0. The van der Waals surface area contributed by atoms with E-state index in [4.69, 9.17) is 4.42 Å². The monoisotopic (exact) mass is 310 g/mol. The molecule has 1 aliphatic heterocycles. The van der Waals surface area contributed by atoms with E-state index >= 15 is 0 Å². The van der Waals surface area contributed by atoms with Crippen LogP contribution in [0.3, 0.4) is 0 Å². The lowest BCUT2D eigenvalue weighted by Gasteiger charge is -2.27.